The summed E-state index contributed by atoms with van der Waals surface area (Å²) in [6.07, 6.45) is 0. The van der Waals surface area contributed by atoms with Crippen molar-refractivity contribution in [3.8, 4) is 5.75 Å². The van der Waals surface area contributed by atoms with E-state index >= 15 is 0 Å². The summed E-state index contributed by atoms with van der Waals surface area (Å²) < 4.78 is 6.15. The Hall–Kier alpha value is -0.780. The van der Waals surface area contributed by atoms with Gasteiger partial charge in [-0.25, -0.2) is 5.43 Å². The molecule has 0 aliphatic rings. The molecule has 20 heavy (non-hydrogen) atoms. The molecule has 2 aromatic rings. The Kier molecular flexibility index (Phi) is 5.29. The largest absolute Gasteiger partial charge is 0.497 e. The van der Waals surface area contributed by atoms with Gasteiger partial charge < -0.3 is 4.74 Å². The minimum Gasteiger partial charge on any atom is -0.497 e. The molecule has 0 aliphatic heterocycles. The first-order valence-corrected chi connectivity index (χ1v) is 7.36. The lowest BCUT2D eigenvalue weighted by molar-refractivity contribution is 0.413. The maximum atomic E-state index is 6.27. The molecular weight excluding hydrogens is 363 g/mol. The van der Waals surface area contributed by atoms with E-state index in [9.17, 15) is 0 Å². The minimum absolute atomic E-state index is 0.300. The lowest BCUT2D eigenvalue weighted by Crippen LogP contribution is -2.29. The van der Waals surface area contributed by atoms with Crippen molar-refractivity contribution in [2.24, 2.45) is 5.84 Å². The van der Waals surface area contributed by atoms with Gasteiger partial charge in [0, 0.05) is 4.47 Å². The van der Waals surface area contributed by atoms with Crippen LogP contribution in [0.2, 0.25) is 10.0 Å². The first-order chi connectivity index (χ1) is 9.58. The van der Waals surface area contributed by atoms with Gasteiger partial charge in [0.25, 0.3) is 0 Å². The number of benzene rings is 2. The zero-order valence-electron chi connectivity index (χ0n) is 10.7. The van der Waals surface area contributed by atoms with Gasteiger partial charge in [-0.3, -0.25) is 5.84 Å². The summed E-state index contributed by atoms with van der Waals surface area (Å²) >= 11 is 15.8. The van der Waals surface area contributed by atoms with E-state index in [1.807, 2.05) is 30.3 Å². The topological polar surface area (TPSA) is 47.3 Å². The molecule has 106 valence electrons. The van der Waals surface area contributed by atoms with Crippen LogP contribution in [0, 0.1) is 0 Å². The molecule has 0 amide bonds. The summed E-state index contributed by atoms with van der Waals surface area (Å²) in [4.78, 5) is 0. The second-order valence-electron chi connectivity index (χ2n) is 4.13. The van der Waals surface area contributed by atoms with E-state index in [1.165, 1.54) is 0 Å². The van der Waals surface area contributed by atoms with Gasteiger partial charge in [-0.05, 0) is 35.4 Å². The Morgan fingerprint density at radius 2 is 1.95 bits per heavy atom. The van der Waals surface area contributed by atoms with Crippen LogP contribution in [0.5, 0.6) is 5.75 Å². The first-order valence-electron chi connectivity index (χ1n) is 5.82. The maximum absolute atomic E-state index is 6.27. The summed E-state index contributed by atoms with van der Waals surface area (Å²) in [5, 5.41) is 0.968. The maximum Gasteiger partial charge on any atom is 0.119 e. The average Bonchev–Trinajstić information content (AvgIpc) is 2.46. The number of hydrogen-bond acceptors (Lipinski definition) is 3. The van der Waals surface area contributed by atoms with E-state index < -0.39 is 0 Å². The summed E-state index contributed by atoms with van der Waals surface area (Å²) in [7, 11) is 1.62. The van der Waals surface area contributed by atoms with Crippen LogP contribution < -0.4 is 16.0 Å². The van der Waals surface area contributed by atoms with Crippen LogP contribution in [0.25, 0.3) is 0 Å². The number of ether oxygens (including phenoxy) is 1. The second-order valence-corrected chi connectivity index (χ2v) is 5.77. The second kappa shape index (κ2) is 6.78. The third-order valence-corrected chi connectivity index (χ3v) is 4.53. The Morgan fingerprint density at radius 1 is 1.20 bits per heavy atom. The van der Waals surface area contributed by atoms with Crippen molar-refractivity contribution in [2.75, 3.05) is 7.11 Å². The highest BCUT2D eigenvalue weighted by atomic mass is 79.9. The molecular formula is C14H13BrCl2N2O. The number of rotatable bonds is 4. The zero-order chi connectivity index (χ0) is 14.7. The van der Waals surface area contributed by atoms with Crippen LogP contribution >= 0.6 is 39.1 Å². The average molecular weight is 376 g/mol. The van der Waals surface area contributed by atoms with Gasteiger partial charge in [0.2, 0.25) is 0 Å². The summed E-state index contributed by atoms with van der Waals surface area (Å²) in [6.45, 7) is 0. The van der Waals surface area contributed by atoms with Gasteiger partial charge >= 0.3 is 0 Å². The molecule has 0 fully saturated rings. The predicted octanol–water partition coefficient (Wildman–Crippen LogP) is 4.32. The van der Waals surface area contributed by atoms with Gasteiger partial charge in [0.05, 0.1) is 23.2 Å². The molecule has 6 heteroatoms. The molecule has 0 aliphatic carbocycles. The molecule has 3 nitrogen and oxygen atoms in total. The van der Waals surface area contributed by atoms with Gasteiger partial charge in [-0.1, -0.05) is 51.3 Å². The normalized spacial score (nSPS) is 12.2. The van der Waals surface area contributed by atoms with E-state index in [2.05, 4.69) is 21.4 Å². The van der Waals surface area contributed by atoms with Crippen molar-refractivity contribution >= 4 is 39.1 Å². The third-order valence-electron chi connectivity index (χ3n) is 2.97. The van der Waals surface area contributed by atoms with Gasteiger partial charge in [0.1, 0.15) is 5.75 Å². The lowest BCUT2D eigenvalue weighted by atomic mass is 9.99. The van der Waals surface area contributed by atoms with Crippen molar-refractivity contribution in [1.82, 2.24) is 5.43 Å². The Morgan fingerprint density at radius 3 is 2.60 bits per heavy atom. The number of halogens is 3. The fraction of sp³-hybridized carbons (Fsp3) is 0.143. The van der Waals surface area contributed by atoms with Crippen molar-refractivity contribution in [3.63, 3.8) is 0 Å². The molecule has 0 saturated heterocycles. The van der Waals surface area contributed by atoms with E-state index in [0.717, 1.165) is 21.3 Å². The smallest absolute Gasteiger partial charge is 0.119 e. The Balaban J connectivity index is 2.55. The predicted molar refractivity (Wildman–Crippen MR) is 86.3 cm³/mol. The van der Waals surface area contributed by atoms with Crippen molar-refractivity contribution in [1.29, 1.82) is 0 Å². The molecule has 1 atom stereocenters. The molecule has 1 unspecified atom stereocenters. The number of methoxy groups -OCH3 is 1. The fourth-order valence-electron chi connectivity index (χ4n) is 1.96. The molecule has 0 radical (unpaired) electrons. The quantitative estimate of drug-likeness (QED) is 0.618. The van der Waals surface area contributed by atoms with Crippen LogP contribution in [0.1, 0.15) is 17.2 Å². The molecule has 3 N–H and O–H groups in total. The monoisotopic (exact) mass is 374 g/mol. The lowest BCUT2D eigenvalue weighted by Gasteiger charge is -2.20. The molecule has 2 aromatic carbocycles. The van der Waals surface area contributed by atoms with E-state index in [4.69, 9.17) is 33.8 Å². The van der Waals surface area contributed by atoms with Crippen molar-refractivity contribution in [3.05, 3.63) is 62.0 Å². The highest BCUT2D eigenvalue weighted by Gasteiger charge is 2.20. The van der Waals surface area contributed by atoms with Crippen LogP contribution in [0.4, 0.5) is 0 Å². The fourth-order valence-corrected chi connectivity index (χ4v) is 2.85. The third kappa shape index (κ3) is 3.10. The highest BCUT2D eigenvalue weighted by Crippen LogP contribution is 2.36. The summed E-state index contributed by atoms with van der Waals surface area (Å²) in [5.41, 5.74) is 4.48. The zero-order valence-corrected chi connectivity index (χ0v) is 13.8. The molecule has 0 spiro atoms. The van der Waals surface area contributed by atoms with E-state index in [-0.39, 0.29) is 6.04 Å². The van der Waals surface area contributed by atoms with Gasteiger partial charge in [-0.2, -0.15) is 0 Å². The SMILES string of the molecule is COc1ccc(Br)c(C(NN)c2cccc(Cl)c2Cl)c1. The van der Waals surface area contributed by atoms with Crippen LogP contribution in [-0.4, -0.2) is 7.11 Å². The Labute approximate surface area is 136 Å². The number of nitrogens with two attached hydrogens (primary N) is 1. The summed E-state index contributed by atoms with van der Waals surface area (Å²) in [6, 6.07) is 10.8. The first kappa shape index (κ1) is 15.6. The highest BCUT2D eigenvalue weighted by molar-refractivity contribution is 9.10. The van der Waals surface area contributed by atoms with Gasteiger partial charge in [-0.15, -0.1) is 0 Å². The number of nitrogens with one attached hydrogen (secondary N) is 1. The van der Waals surface area contributed by atoms with Crippen molar-refractivity contribution < 1.29 is 4.74 Å². The number of hydrogen-bond donors (Lipinski definition) is 2. The number of hydrazine groups is 1. The van der Waals surface area contributed by atoms with Crippen LogP contribution in [-0.2, 0) is 0 Å². The summed E-state index contributed by atoms with van der Waals surface area (Å²) in [5.74, 6) is 6.44. The standard InChI is InChI=1S/C14H13BrCl2N2O/c1-20-8-5-6-11(15)10(7-8)14(19-18)9-3-2-4-12(16)13(9)17/h2-7,14,19H,18H2,1H3. The Bertz CT molecular complexity index is 622. The molecule has 2 rings (SSSR count). The molecule has 0 bridgehead atoms. The van der Waals surface area contributed by atoms with Crippen LogP contribution in [0.3, 0.4) is 0 Å². The van der Waals surface area contributed by atoms with E-state index in [0.29, 0.717) is 10.0 Å². The van der Waals surface area contributed by atoms with Crippen molar-refractivity contribution in [2.45, 2.75) is 6.04 Å². The molecule has 0 saturated carbocycles. The molecule has 0 heterocycles. The van der Waals surface area contributed by atoms with Crippen LogP contribution in [0.15, 0.2) is 40.9 Å². The van der Waals surface area contributed by atoms with E-state index in [1.54, 1.807) is 13.2 Å². The van der Waals surface area contributed by atoms with Gasteiger partial charge in [0.15, 0.2) is 0 Å². The molecule has 0 aromatic heterocycles. The minimum atomic E-state index is -0.300.